The van der Waals surface area contributed by atoms with Crippen LogP contribution in [0.5, 0.6) is 5.75 Å². The summed E-state index contributed by atoms with van der Waals surface area (Å²) in [6.45, 7) is 8.17. The van der Waals surface area contributed by atoms with Crippen LogP contribution in [0.3, 0.4) is 0 Å². The summed E-state index contributed by atoms with van der Waals surface area (Å²) in [6, 6.07) is 26.9. The van der Waals surface area contributed by atoms with E-state index >= 15 is 0 Å². The zero-order valence-corrected chi connectivity index (χ0v) is 26.3. The normalized spacial score (nSPS) is 13.8. The molecule has 4 aromatic rings. The van der Waals surface area contributed by atoms with Gasteiger partial charge in [0.2, 0.25) is 15.2 Å². The zero-order chi connectivity index (χ0) is 30.4. The fourth-order valence-corrected chi connectivity index (χ4v) is 6.04. The van der Waals surface area contributed by atoms with Crippen molar-refractivity contribution < 1.29 is 14.0 Å². The second-order valence-corrected chi connectivity index (χ2v) is 13.8. The van der Waals surface area contributed by atoms with Gasteiger partial charge in [0.05, 0.1) is 5.52 Å². The molecule has 0 fully saturated rings. The summed E-state index contributed by atoms with van der Waals surface area (Å²) in [7, 11) is 0.0757. The minimum Gasteiger partial charge on any atom is -0.470 e. The lowest BCUT2D eigenvalue weighted by atomic mass is 9.72. The van der Waals surface area contributed by atoms with E-state index in [-0.39, 0.29) is 20.7 Å². The lowest BCUT2D eigenvalue weighted by Gasteiger charge is -2.48. The van der Waals surface area contributed by atoms with E-state index in [1.54, 1.807) is 12.3 Å². The molecule has 0 spiro atoms. The molecule has 1 amide bonds. The highest BCUT2D eigenvalue weighted by atomic mass is 32.2. The predicted molar refractivity (Wildman–Crippen MR) is 173 cm³/mol. The van der Waals surface area contributed by atoms with Crippen molar-refractivity contribution in [1.29, 1.82) is 0 Å². The lowest BCUT2D eigenvalue weighted by Crippen LogP contribution is -2.63. The standard InChI is InChI=1S/C35H34N2O3SSi/c1-8-25-22-26-23-29(20-21-30(26)36-24-25)39-32(41-7)31(38)37-34(6,9-2)35(40-42-33(3,4)5,27-16-12-10-13-17-27)28-18-14-11-15-19-28/h1-2,10-24,32H,3-7H3,(H,37,38). The van der Waals surface area contributed by atoms with E-state index in [4.69, 9.17) is 22.0 Å². The monoisotopic (exact) mass is 590 g/mol. The molecular weight excluding hydrogens is 557 g/mol. The molecule has 0 saturated heterocycles. The SMILES string of the molecule is C#Cc1cnc2ccc(OC(SC)C(=O)NC(C)(C#C)C(O[Si]C(C)(C)C)(c3ccccc3)c3ccccc3)cc2c1. The smallest absolute Gasteiger partial charge is 0.273 e. The fourth-order valence-electron chi connectivity index (χ4n) is 4.66. The van der Waals surface area contributed by atoms with Crippen LogP contribution in [0.1, 0.15) is 44.4 Å². The van der Waals surface area contributed by atoms with Crippen molar-refractivity contribution in [3.63, 3.8) is 0 Å². The summed E-state index contributed by atoms with van der Waals surface area (Å²) in [5.41, 5.74) is -0.292. The van der Waals surface area contributed by atoms with Crippen LogP contribution >= 0.6 is 11.8 Å². The first-order chi connectivity index (χ1) is 20.0. The first kappa shape index (κ1) is 30.9. The number of benzene rings is 3. The molecule has 2 radical (unpaired) electrons. The van der Waals surface area contributed by atoms with E-state index in [0.29, 0.717) is 11.3 Å². The predicted octanol–water partition coefficient (Wildman–Crippen LogP) is 6.59. The number of terminal acetylenes is 2. The van der Waals surface area contributed by atoms with E-state index in [1.807, 2.05) is 92.0 Å². The number of amides is 1. The minimum absolute atomic E-state index is 0.0757. The third-order valence-electron chi connectivity index (χ3n) is 6.73. The van der Waals surface area contributed by atoms with Gasteiger partial charge in [-0.15, -0.1) is 24.6 Å². The van der Waals surface area contributed by atoms with Crippen LogP contribution in [0.25, 0.3) is 10.9 Å². The first-order valence-electron chi connectivity index (χ1n) is 13.5. The molecule has 42 heavy (non-hydrogen) atoms. The number of nitrogens with zero attached hydrogens (tertiary/aromatic N) is 1. The van der Waals surface area contributed by atoms with Gasteiger partial charge >= 0.3 is 0 Å². The Morgan fingerprint density at radius 3 is 2.10 bits per heavy atom. The summed E-state index contributed by atoms with van der Waals surface area (Å²) in [5.74, 6) is 5.65. The summed E-state index contributed by atoms with van der Waals surface area (Å²) >= 11 is 1.27. The van der Waals surface area contributed by atoms with Crippen LogP contribution in [0, 0.1) is 24.7 Å². The van der Waals surface area contributed by atoms with Crippen molar-refractivity contribution in [3.8, 4) is 30.4 Å². The largest absolute Gasteiger partial charge is 0.470 e. The van der Waals surface area contributed by atoms with Gasteiger partial charge < -0.3 is 14.5 Å². The zero-order valence-electron chi connectivity index (χ0n) is 24.5. The van der Waals surface area contributed by atoms with Crippen molar-refractivity contribution in [3.05, 3.63) is 108 Å². The average molecular weight is 591 g/mol. The van der Waals surface area contributed by atoms with Gasteiger partial charge in [-0.1, -0.05) is 93.3 Å². The molecule has 3 aromatic carbocycles. The second-order valence-electron chi connectivity index (χ2n) is 11.0. The van der Waals surface area contributed by atoms with E-state index < -0.39 is 16.6 Å². The summed E-state index contributed by atoms with van der Waals surface area (Å²) in [6.07, 6.45) is 15.3. The van der Waals surface area contributed by atoms with Crippen molar-refractivity contribution in [2.45, 2.75) is 49.3 Å². The van der Waals surface area contributed by atoms with Crippen molar-refractivity contribution in [2.24, 2.45) is 0 Å². The Balaban J connectivity index is 1.75. The Labute approximate surface area is 255 Å². The topological polar surface area (TPSA) is 60.5 Å². The van der Waals surface area contributed by atoms with Gasteiger partial charge in [0.15, 0.2) is 0 Å². The molecule has 0 aliphatic carbocycles. The maximum absolute atomic E-state index is 14.0. The number of rotatable bonds is 10. The maximum Gasteiger partial charge on any atom is 0.273 e. The third kappa shape index (κ3) is 6.55. The Morgan fingerprint density at radius 2 is 1.57 bits per heavy atom. The molecule has 2 atom stereocenters. The molecule has 0 saturated carbocycles. The molecule has 1 N–H and O–H groups in total. The van der Waals surface area contributed by atoms with E-state index in [0.717, 1.165) is 22.0 Å². The van der Waals surface area contributed by atoms with Crippen molar-refractivity contribution >= 4 is 38.3 Å². The van der Waals surface area contributed by atoms with Crippen molar-refractivity contribution in [2.75, 3.05) is 6.26 Å². The Hall–Kier alpha value is -4.01. The van der Waals surface area contributed by atoms with Crippen LogP contribution in [0.15, 0.2) is 91.1 Å². The minimum atomic E-state index is -1.31. The van der Waals surface area contributed by atoms with Gasteiger partial charge in [0, 0.05) is 17.1 Å². The molecule has 0 bridgehead atoms. The third-order valence-corrected chi connectivity index (χ3v) is 8.49. The molecule has 1 aromatic heterocycles. The van der Waals surface area contributed by atoms with Crippen LogP contribution in [0.2, 0.25) is 5.04 Å². The van der Waals surface area contributed by atoms with Gasteiger partial charge in [-0.05, 0) is 53.6 Å². The summed E-state index contributed by atoms with van der Waals surface area (Å²) in [4.78, 5) is 18.4. The average Bonchev–Trinajstić information content (AvgIpc) is 3.00. The molecule has 0 aliphatic rings. The molecular formula is C35H34N2O3SSi. The number of carbonyl (C=O) groups is 1. The molecule has 4 rings (SSSR count). The Morgan fingerprint density at radius 1 is 0.952 bits per heavy atom. The van der Waals surface area contributed by atoms with Crippen LogP contribution < -0.4 is 10.1 Å². The van der Waals surface area contributed by atoms with E-state index in [1.165, 1.54) is 11.8 Å². The van der Waals surface area contributed by atoms with Gasteiger partial charge in [0.25, 0.3) is 5.91 Å². The number of thioether (sulfide) groups is 1. The number of fused-ring (bicyclic) bond motifs is 1. The molecule has 1 heterocycles. The number of carbonyl (C=O) groups excluding carboxylic acids is 1. The molecule has 2 unspecified atom stereocenters. The lowest BCUT2D eigenvalue weighted by molar-refractivity contribution is -0.127. The van der Waals surface area contributed by atoms with Crippen LogP contribution in [-0.4, -0.2) is 37.9 Å². The van der Waals surface area contributed by atoms with Gasteiger partial charge in [-0.25, -0.2) is 0 Å². The van der Waals surface area contributed by atoms with Crippen LogP contribution in [0.4, 0.5) is 0 Å². The Bertz CT molecular complexity index is 1580. The maximum atomic E-state index is 14.0. The number of pyridine rings is 1. The van der Waals surface area contributed by atoms with E-state index in [9.17, 15) is 4.79 Å². The van der Waals surface area contributed by atoms with Gasteiger partial charge in [0.1, 0.15) is 16.9 Å². The molecule has 0 aliphatic heterocycles. The summed E-state index contributed by atoms with van der Waals surface area (Å²) in [5, 5.41) is 3.83. The van der Waals surface area contributed by atoms with Gasteiger partial charge in [-0.2, -0.15) is 0 Å². The van der Waals surface area contributed by atoms with Gasteiger partial charge in [-0.3, -0.25) is 9.78 Å². The highest BCUT2D eigenvalue weighted by Crippen LogP contribution is 2.44. The number of hydrogen-bond donors (Lipinski definition) is 1. The molecule has 5 nitrogen and oxygen atoms in total. The number of hydrogen-bond acceptors (Lipinski definition) is 5. The number of aromatic nitrogens is 1. The van der Waals surface area contributed by atoms with Crippen LogP contribution in [-0.2, 0) is 14.8 Å². The quantitative estimate of drug-likeness (QED) is 0.128. The van der Waals surface area contributed by atoms with E-state index in [2.05, 4.69) is 42.9 Å². The highest BCUT2D eigenvalue weighted by molar-refractivity contribution is 7.99. The highest BCUT2D eigenvalue weighted by Gasteiger charge is 2.53. The number of ether oxygens (including phenoxy) is 1. The molecule has 7 heteroatoms. The van der Waals surface area contributed by atoms with Crippen molar-refractivity contribution in [1.82, 2.24) is 10.3 Å². The Kier molecular flexibility index (Phi) is 9.49. The second kappa shape index (κ2) is 12.9. The fraction of sp³-hybridized carbons (Fsp3) is 0.257. The first-order valence-corrected chi connectivity index (χ1v) is 15.7. The molecule has 212 valence electrons. The summed E-state index contributed by atoms with van der Waals surface area (Å²) < 4.78 is 13.1. The number of nitrogens with one attached hydrogen (secondary N) is 1.